The minimum Gasteiger partial charge on any atom is -0.396 e. The molecule has 6 heteroatoms. The lowest BCUT2D eigenvalue weighted by Crippen LogP contribution is -2.45. The Labute approximate surface area is 128 Å². The van der Waals surface area contributed by atoms with Gasteiger partial charge < -0.3 is 15.7 Å². The molecule has 0 aliphatic heterocycles. The number of anilines is 1. The number of aliphatic hydroxyl groups is 1. The van der Waals surface area contributed by atoms with Crippen molar-refractivity contribution in [3.05, 3.63) is 28.2 Å². The summed E-state index contributed by atoms with van der Waals surface area (Å²) in [6.45, 7) is 0.105. The quantitative estimate of drug-likeness (QED) is 0.796. The van der Waals surface area contributed by atoms with E-state index in [9.17, 15) is 9.90 Å². The Morgan fingerprint density at radius 1 is 1.20 bits per heavy atom. The molecule has 110 valence electrons. The van der Waals surface area contributed by atoms with Crippen LogP contribution in [0.3, 0.4) is 0 Å². The van der Waals surface area contributed by atoms with Gasteiger partial charge in [-0.3, -0.25) is 0 Å². The highest BCUT2D eigenvalue weighted by Crippen LogP contribution is 2.25. The van der Waals surface area contributed by atoms with E-state index in [-0.39, 0.29) is 24.6 Å². The SMILES string of the molecule is O=C(Nc1cc(Cl)cc(Cl)c1)NC1CCCCC1CO. The van der Waals surface area contributed by atoms with Crippen LogP contribution in [0.25, 0.3) is 0 Å². The molecule has 1 saturated carbocycles. The van der Waals surface area contributed by atoms with Gasteiger partial charge in [-0.15, -0.1) is 0 Å². The van der Waals surface area contributed by atoms with Crippen LogP contribution >= 0.6 is 23.2 Å². The maximum Gasteiger partial charge on any atom is 0.319 e. The molecule has 4 nitrogen and oxygen atoms in total. The third kappa shape index (κ3) is 4.27. The van der Waals surface area contributed by atoms with Crippen LogP contribution in [-0.2, 0) is 0 Å². The molecule has 0 saturated heterocycles. The van der Waals surface area contributed by atoms with E-state index in [0.717, 1.165) is 25.7 Å². The summed E-state index contributed by atoms with van der Waals surface area (Å²) in [5.41, 5.74) is 0.552. The van der Waals surface area contributed by atoms with Crippen molar-refractivity contribution in [3.63, 3.8) is 0 Å². The summed E-state index contributed by atoms with van der Waals surface area (Å²) < 4.78 is 0. The number of aliphatic hydroxyl groups excluding tert-OH is 1. The predicted octanol–water partition coefficient (Wildman–Crippen LogP) is 3.67. The highest BCUT2D eigenvalue weighted by Gasteiger charge is 2.25. The minimum atomic E-state index is -0.298. The zero-order valence-corrected chi connectivity index (χ0v) is 12.5. The van der Waals surface area contributed by atoms with E-state index in [1.54, 1.807) is 18.2 Å². The van der Waals surface area contributed by atoms with Crippen LogP contribution in [0.5, 0.6) is 0 Å². The van der Waals surface area contributed by atoms with Crippen molar-refractivity contribution >= 4 is 34.9 Å². The van der Waals surface area contributed by atoms with E-state index in [1.165, 1.54) is 0 Å². The standard InChI is InChI=1S/C14H18Cl2N2O2/c15-10-5-11(16)7-12(6-10)17-14(20)18-13-4-2-1-3-9(13)8-19/h5-7,9,13,19H,1-4,8H2,(H2,17,18,20). The third-order valence-corrected chi connectivity index (χ3v) is 4.02. The first kappa shape index (κ1) is 15.4. The number of carbonyl (C=O) groups is 1. The van der Waals surface area contributed by atoms with Gasteiger partial charge in [-0.05, 0) is 31.0 Å². The fourth-order valence-electron chi connectivity index (χ4n) is 2.58. The molecule has 3 N–H and O–H groups in total. The second kappa shape index (κ2) is 7.16. The molecule has 0 heterocycles. The molecule has 1 aliphatic rings. The monoisotopic (exact) mass is 316 g/mol. The molecule has 0 spiro atoms. The molecule has 2 atom stereocenters. The summed E-state index contributed by atoms with van der Waals surface area (Å²) in [7, 11) is 0. The van der Waals surface area contributed by atoms with Gasteiger partial charge in [0.1, 0.15) is 0 Å². The molecule has 0 aromatic heterocycles. The molecule has 2 unspecified atom stereocenters. The summed E-state index contributed by atoms with van der Waals surface area (Å²) in [5.74, 6) is 0.137. The van der Waals surface area contributed by atoms with Crippen molar-refractivity contribution in [2.45, 2.75) is 31.7 Å². The van der Waals surface area contributed by atoms with Gasteiger partial charge in [-0.25, -0.2) is 4.79 Å². The van der Waals surface area contributed by atoms with Crippen LogP contribution in [0.4, 0.5) is 10.5 Å². The number of carbonyl (C=O) groups excluding carboxylic acids is 1. The number of halogens is 2. The fourth-order valence-corrected chi connectivity index (χ4v) is 3.10. The van der Waals surface area contributed by atoms with E-state index in [1.807, 2.05) is 0 Å². The number of nitrogens with one attached hydrogen (secondary N) is 2. The Hall–Kier alpha value is -0.970. The Morgan fingerprint density at radius 3 is 2.50 bits per heavy atom. The summed E-state index contributed by atoms with van der Waals surface area (Å²) >= 11 is 11.8. The van der Waals surface area contributed by atoms with Gasteiger partial charge in [0, 0.05) is 34.3 Å². The first-order valence-corrected chi connectivity index (χ1v) is 7.48. The highest BCUT2D eigenvalue weighted by molar-refractivity contribution is 6.35. The van der Waals surface area contributed by atoms with Crippen molar-refractivity contribution in [2.24, 2.45) is 5.92 Å². The molecule has 0 radical (unpaired) electrons. The molecule has 1 aromatic carbocycles. The van der Waals surface area contributed by atoms with E-state index in [2.05, 4.69) is 10.6 Å². The van der Waals surface area contributed by atoms with Crippen LogP contribution in [0.15, 0.2) is 18.2 Å². The smallest absolute Gasteiger partial charge is 0.319 e. The first-order chi connectivity index (χ1) is 9.58. The zero-order chi connectivity index (χ0) is 14.5. The van der Waals surface area contributed by atoms with Gasteiger partial charge in [0.15, 0.2) is 0 Å². The summed E-state index contributed by atoms with van der Waals surface area (Å²) in [6.07, 6.45) is 4.03. The number of amides is 2. The summed E-state index contributed by atoms with van der Waals surface area (Å²) in [5, 5.41) is 15.9. The second-order valence-electron chi connectivity index (χ2n) is 5.09. The van der Waals surface area contributed by atoms with E-state index in [0.29, 0.717) is 15.7 Å². The number of urea groups is 1. The molecule has 2 amide bonds. The lowest BCUT2D eigenvalue weighted by molar-refractivity contribution is 0.156. The van der Waals surface area contributed by atoms with Crippen molar-refractivity contribution in [1.82, 2.24) is 5.32 Å². The largest absolute Gasteiger partial charge is 0.396 e. The average Bonchev–Trinajstić information content (AvgIpc) is 2.37. The van der Waals surface area contributed by atoms with Gasteiger partial charge in [0.25, 0.3) is 0 Å². The molecule has 1 aromatic rings. The van der Waals surface area contributed by atoms with E-state index in [4.69, 9.17) is 23.2 Å². The minimum absolute atomic E-state index is 0.0170. The predicted molar refractivity (Wildman–Crippen MR) is 81.4 cm³/mol. The van der Waals surface area contributed by atoms with Crippen LogP contribution < -0.4 is 10.6 Å². The van der Waals surface area contributed by atoms with Crippen LogP contribution in [0.2, 0.25) is 10.0 Å². The van der Waals surface area contributed by atoms with E-state index >= 15 is 0 Å². The van der Waals surface area contributed by atoms with Crippen LogP contribution in [-0.4, -0.2) is 23.8 Å². The average molecular weight is 317 g/mol. The van der Waals surface area contributed by atoms with Gasteiger partial charge in [0.05, 0.1) is 0 Å². The number of hydrogen-bond donors (Lipinski definition) is 3. The molecule has 1 aliphatic carbocycles. The van der Waals surface area contributed by atoms with Crippen molar-refractivity contribution in [2.75, 3.05) is 11.9 Å². The van der Waals surface area contributed by atoms with Crippen molar-refractivity contribution in [1.29, 1.82) is 0 Å². The number of benzene rings is 1. The van der Waals surface area contributed by atoms with Crippen molar-refractivity contribution < 1.29 is 9.90 Å². The van der Waals surface area contributed by atoms with Crippen LogP contribution in [0.1, 0.15) is 25.7 Å². The topological polar surface area (TPSA) is 61.4 Å². The molecule has 1 fully saturated rings. The van der Waals surface area contributed by atoms with Gasteiger partial charge in [-0.1, -0.05) is 36.0 Å². The molecule has 2 rings (SSSR count). The zero-order valence-electron chi connectivity index (χ0n) is 11.0. The molecular weight excluding hydrogens is 299 g/mol. The number of rotatable bonds is 3. The normalized spacial score (nSPS) is 22.4. The molecular formula is C14H18Cl2N2O2. The Morgan fingerprint density at radius 2 is 1.85 bits per heavy atom. The molecule has 0 bridgehead atoms. The Balaban J connectivity index is 1.94. The summed E-state index contributed by atoms with van der Waals surface area (Å²) in [4.78, 5) is 12.0. The molecule has 20 heavy (non-hydrogen) atoms. The van der Waals surface area contributed by atoms with Gasteiger partial charge in [-0.2, -0.15) is 0 Å². The Kier molecular flexibility index (Phi) is 5.52. The van der Waals surface area contributed by atoms with Crippen molar-refractivity contribution in [3.8, 4) is 0 Å². The number of hydrogen-bond acceptors (Lipinski definition) is 2. The van der Waals surface area contributed by atoms with Crippen LogP contribution in [0, 0.1) is 5.92 Å². The highest BCUT2D eigenvalue weighted by atomic mass is 35.5. The van der Waals surface area contributed by atoms with E-state index < -0.39 is 0 Å². The summed E-state index contributed by atoms with van der Waals surface area (Å²) in [6, 6.07) is 4.60. The lowest BCUT2D eigenvalue weighted by Gasteiger charge is -2.30. The first-order valence-electron chi connectivity index (χ1n) is 6.73. The maximum atomic E-state index is 12.0. The maximum absolute atomic E-state index is 12.0. The third-order valence-electron chi connectivity index (χ3n) is 3.58. The van der Waals surface area contributed by atoms with Gasteiger partial charge >= 0.3 is 6.03 Å². The fraction of sp³-hybridized carbons (Fsp3) is 0.500. The Bertz CT molecular complexity index is 462. The lowest BCUT2D eigenvalue weighted by atomic mass is 9.85. The second-order valence-corrected chi connectivity index (χ2v) is 5.96. The van der Waals surface area contributed by atoms with Gasteiger partial charge in [0.2, 0.25) is 0 Å².